The average molecular weight is 216 g/mol. The van der Waals surface area contributed by atoms with Gasteiger partial charge in [-0.05, 0) is 29.5 Å². The summed E-state index contributed by atoms with van der Waals surface area (Å²) in [5.41, 5.74) is 1.58. The van der Waals surface area contributed by atoms with E-state index >= 15 is 0 Å². The van der Waals surface area contributed by atoms with E-state index in [1.165, 1.54) is 5.56 Å². The molecule has 1 heteroatoms. The van der Waals surface area contributed by atoms with Gasteiger partial charge in [0.1, 0.15) is 5.75 Å². The SMILES string of the molecule is C#CCCOc1ccc(C(C)(C)CC)cc1. The first kappa shape index (κ1) is 12.6. The molecule has 1 aromatic rings. The Balaban J connectivity index is 2.65. The first-order valence-corrected chi connectivity index (χ1v) is 5.77. The van der Waals surface area contributed by atoms with Crippen LogP contribution in [0.4, 0.5) is 0 Å². The van der Waals surface area contributed by atoms with E-state index in [1.807, 2.05) is 12.1 Å². The molecule has 0 radical (unpaired) electrons. The van der Waals surface area contributed by atoms with Gasteiger partial charge in [0.05, 0.1) is 6.61 Å². The van der Waals surface area contributed by atoms with Crippen LogP contribution >= 0.6 is 0 Å². The lowest BCUT2D eigenvalue weighted by atomic mass is 9.82. The molecule has 0 saturated heterocycles. The van der Waals surface area contributed by atoms with Gasteiger partial charge in [0.25, 0.3) is 0 Å². The molecular formula is C15H20O. The molecule has 0 unspecified atom stereocenters. The molecule has 1 rings (SSSR count). The lowest BCUT2D eigenvalue weighted by Crippen LogP contribution is -2.15. The molecule has 0 fully saturated rings. The van der Waals surface area contributed by atoms with E-state index in [-0.39, 0.29) is 5.41 Å². The number of ether oxygens (including phenoxy) is 1. The third kappa shape index (κ3) is 3.31. The molecule has 0 spiro atoms. The van der Waals surface area contributed by atoms with Gasteiger partial charge in [-0.2, -0.15) is 0 Å². The molecule has 0 saturated carbocycles. The van der Waals surface area contributed by atoms with Gasteiger partial charge in [-0.1, -0.05) is 32.9 Å². The Morgan fingerprint density at radius 1 is 1.25 bits per heavy atom. The van der Waals surface area contributed by atoms with E-state index in [2.05, 4.69) is 38.8 Å². The third-order valence-electron chi connectivity index (χ3n) is 3.03. The Morgan fingerprint density at radius 3 is 2.38 bits per heavy atom. The van der Waals surface area contributed by atoms with Crippen LogP contribution in [0.25, 0.3) is 0 Å². The maximum Gasteiger partial charge on any atom is 0.119 e. The Labute approximate surface area is 98.8 Å². The van der Waals surface area contributed by atoms with Crippen LogP contribution in [0.5, 0.6) is 5.75 Å². The summed E-state index contributed by atoms with van der Waals surface area (Å²) in [7, 11) is 0. The molecule has 86 valence electrons. The second-order valence-corrected chi connectivity index (χ2v) is 4.56. The van der Waals surface area contributed by atoms with E-state index in [1.54, 1.807) is 0 Å². The maximum absolute atomic E-state index is 5.51. The highest BCUT2D eigenvalue weighted by molar-refractivity contribution is 5.31. The molecule has 0 aliphatic rings. The fourth-order valence-corrected chi connectivity index (χ4v) is 1.43. The number of terminal acetylenes is 1. The van der Waals surface area contributed by atoms with Crippen molar-refractivity contribution in [1.82, 2.24) is 0 Å². The van der Waals surface area contributed by atoms with Crippen molar-refractivity contribution in [2.45, 2.75) is 39.0 Å². The monoisotopic (exact) mass is 216 g/mol. The standard InChI is InChI=1S/C15H20O/c1-5-7-12-16-14-10-8-13(9-11-14)15(3,4)6-2/h1,8-11H,6-7,12H2,2-4H3. The summed E-state index contributed by atoms with van der Waals surface area (Å²) in [6.45, 7) is 7.30. The summed E-state index contributed by atoms with van der Waals surface area (Å²) in [6.07, 6.45) is 6.95. The number of hydrogen-bond donors (Lipinski definition) is 0. The largest absolute Gasteiger partial charge is 0.493 e. The van der Waals surface area contributed by atoms with Crippen LogP contribution in [0.3, 0.4) is 0 Å². The van der Waals surface area contributed by atoms with Crippen LogP contribution in [0.1, 0.15) is 39.2 Å². The van der Waals surface area contributed by atoms with Crippen molar-refractivity contribution < 1.29 is 4.74 Å². The first-order valence-electron chi connectivity index (χ1n) is 5.77. The summed E-state index contributed by atoms with van der Waals surface area (Å²) in [5.74, 6) is 3.45. The van der Waals surface area contributed by atoms with E-state index in [0.717, 1.165) is 12.2 Å². The van der Waals surface area contributed by atoms with Crippen molar-refractivity contribution in [2.75, 3.05) is 6.61 Å². The minimum Gasteiger partial charge on any atom is -0.493 e. The highest BCUT2D eigenvalue weighted by Crippen LogP contribution is 2.27. The summed E-state index contributed by atoms with van der Waals surface area (Å²) in [4.78, 5) is 0. The second kappa shape index (κ2) is 5.61. The van der Waals surface area contributed by atoms with Gasteiger partial charge in [-0.3, -0.25) is 0 Å². The minimum absolute atomic E-state index is 0.233. The van der Waals surface area contributed by atoms with Gasteiger partial charge in [0.15, 0.2) is 0 Å². The molecule has 16 heavy (non-hydrogen) atoms. The fourth-order valence-electron chi connectivity index (χ4n) is 1.43. The van der Waals surface area contributed by atoms with Crippen LogP contribution in [0.15, 0.2) is 24.3 Å². The van der Waals surface area contributed by atoms with Crippen LogP contribution in [-0.2, 0) is 5.41 Å². The quantitative estimate of drug-likeness (QED) is 0.537. The maximum atomic E-state index is 5.51. The fraction of sp³-hybridized carbons (Fsp3) is 0.467. The van der Waals surface area contributed by atoms with Crippen molar-refractivity contribution in [1.29, 1.82) is 0 Å². The van der Waals surface area contributed by atoms with Gasteiger partial charge in [-0.25, -0.2) is 0 Å². The predicted octanol–water partition coefficient (Wildman–Crippen LogP) is 3.78. The zero-order valence-corrected chi connectivity index (χ0v) is 10.4. The van der Waals surface area contributed by atoms with Gasteiger partial charge >= 0.3 is 0 Å². The molecule has 0 heterocycles. The Kier molecular flexibility index (Phi) is 4.43. The van der Waals surface area contributed by atoms with Crippen molar-refractivity contribution in [2.24, 2.45) is 0 Å². The molecule has 0 atom stereocenters. The number of rotatable bonds is 5. The average Bonchev–Trinajstić information content (AvgIpc) is 2.30. The van der Waals surface area contributed by atoms with E-state index in [9.17, 15) is 0 Å². The zero-order chi connectivity index (χ0) is 12.0. The Bertz CT molecular complexity index is 354. The topological polar surface area (TPSA) is 9.23 Å². The van der Waals surface area contributed by atoms with Crippen molar-refractivity contribution in [3.8, 4) is 18.1 Å². The Morgan fingerprint density at radius 2 is 1.88 bits per heavy atom. The zero-order valence-electron chi connectivity index (χ0n) is 10.4. The lowest BCUT2D eigenvalue weighted by molar-refractivity contribution is 0.327. The predicted molar refractivity (Wildman–Crippen MR) is 68.7 cm³/mol. The molecule has 0 N–H and O–H groups in total. The van der Waals surface area contributed by atoms with Crippen LogP contribution in [0.2, 0.25) is 0 Å². The number of hydrogen-bond acceptors (Lipinski definition) is 1. The normalized spacial score (nSPS) is 10.9. The van der Waals surface area contributed by atoms with Gasteiger partial charge in [-0.15, -0.1) is 12.3 Å². The molecule has 0 aliphatic heterocycles. The summed E-state index contributed by atoms with van der Waals surface area (Å²) >= 11 is 0. The van der Waals surface area contributed by atoms with Gasteiger partial charge in [0, 0.05) is 6.42 Å². The summed E-state index contributed by atoms with van der Waals surface area (Å²) in [6, 6.07) is 8.30. The van der Waals surface area contributed by atoms with E-state index in [0.29, 0.717) is 13.0 Å². The smallest absolute Gasteiger partial charge is 0.119 e. The molecule has 1 nitrogen and oxygen atoms in total. The van der Waals surface area contributed by atoms with Crippen molar-refractivity contribution in [3.63, 3.8) is 0 Å². The van der Waals surface area contributed by atoms with Gasteiger partial charge in [0.2, 0.25) is 0 Å². The molecular weight excluding hydrogens is 196 g/mol. The van der Waals surface area contributed by atoms with Crippen molar-refractivity contribution in [3.05, 3.63) is 29.8 Å². The van der Waals surface area contributed by atoms with Crippen molar-refractivity contribution >= 4 is 0 Å². The highest BCUT2D eigenvalue weighted by atomic mass is 16.5. The van der Waals surface area contributed by atoms with E-state index in [4.69, 9.17) is 11.2 Å². The summed E-state index contributed by atoms with van der Waals surface area (Å²) in [5, 5.41) is 0. The highest BCUT2D eigenvalue weighted by Gasteiger charge is 2.17. The van der Waals surface area contributed by atoms with Crippen LogP contribution in [0, 0.1) is 12.3 Å². The Hall–Kier alpha value is -1.42. The molecule has 0 aliphatic carbocycles. The molecule has 0 amide bonds. The number of benzene rings is 1. The van der Waals surface area contributed by atoms with E-state index < -0.39 is 0 Å². The second-order valence-electron chi connectivity index (χ2n) is 4.56. The molecule has 0 aromatic heterocycles. The summed E-state index contributed by atoms with van der Waals surface area (Å²) < 4.78 is 5.51. The van der Waals surface area contributed by atoms with Crippen LogP contribution < -0.4 is 4.74 Å². The lowest BCUT2D eigenvalue weighted by Gasteiger charge is -2.23. The first-order chi connectivity index (χ1) is 7.60. The molecule has 0 bridgehead atoms. The van der Waals surface area contributed by atoms with Crippen LogP contribution in [-0.4, -0.2) is 6.61 Å². The van der Waals surface area contributed by atoms with Gasteiger partial charge < -0.3 is 4.74 Å². The third-order valence-corrected chi connectivity index (χ3v) is 3.03. The molecule has 1 aromatic carbocycles. The minimum atomic E-state index is 0.233.